The molecule has 1 N–H and O–H groups in total. The molecule has 2 rings (SSSR count). The van der Waals surface area contributed by atoms with Crippen molar-refractivity contribution in [2.45, 2.75) is 19.9 Å². The normalized spacial score (nSPS) is 10.6. The minimum atomic E-state index is -0.530. The van der Waals surface area contributed by atoms with Crippen LogP contribution in [0.5, 0.6) is 11.6 Å². The molecule has 0 bridgehead atoms. The first-order chi connectivity index (χ1) is 9.69. The molecule has 0 aliphatic heterocycles. The fraction of sp³-hybridized carbons (Fsp3) is 0.286. The topological polar surface area (TPSA) is 47.0 Å². The highest BCUT2D eigenvalue weighted by molar-refractivity contribution is 6.30. The summed E-state index contributed by atoms with van der Waals surface area (Å²) in [5.74, 6) is 0.113. The molecule has 0 atom stereocenters. The molecule has 0 aliphatic rings. The van der Waals surface area contributed by atoms with Crippen molar-refractivity contribution in [1.29, 1.82) is 0 Å². The Hall–Kier alpha value is -1.72. The average molecular weight is 296 g/mol. The molecule has 0 aliphatic carbocycles. The molecule has 0 saturated heterocycles. The number of halogens is 2. The number of rotatable bonds is 6. The van der Waals surface area contributed by atoms with Crippen molar-refractivity contribution >= 4 is 11.6 Å². The average Bonchev–Trinajstić information content (AvgIpc) is 2.45. The van der Waals surface area contributed by atoms with Crippen LogP contribution in [-0.2, 0) is 6.54 Å². The molecule has 0 unspecified atom stereocenters. The predicted octanol–water partition coefficient (Wildman–Crippen LogP) is 3.56. The zero-order valence-corrected chi connectivity index (χ0v) is 11.8. The Bertz CT molecular complexity index is 563. The SMILES string of the molecule is CCCNCc1ccc(Oc2ccc(Cl)c(F)c2)nn1. The van der Waals surface area contributed by atoms with Gasteiger partial charge >= 0.3 is 0 Å². The van der Waals surface area contributed by atoms with Gasteiger partial charge < -0.3 is 10.1 Å². The number of nitrogens with one attached hydrogen (secondary N) is 1. The van der Waals surface area contributed by atoms with Gasteiger partial charge in [0.15, 0.2) is 0 Å². The Labute approximate surface area is 121 Å². The van der Waals surface area contributed by atoms with Gasteiger partial charge in [-0.05, 0) is 31.2 Å². The van der Waals surface area contributed by atoms with E-state index in [4.69, 9.17) is 16.3 Å². The van der Waals surface area contributed by atoms with Crippen LogP contribution in [0.2, 0.25) is 5.02 Å². The van der Waals surface area contributed by atoms with Gasteiger partial charge in [0.2, 0.25) is 5.88 Å². The van der Waals surface area contributed by atoms with Crippen LogP contribution in [0.4, 0.5) is 4.39 Å². The molecule has 106 valence electrons. The van der Waals surface area contributed by atoms with E-state index >= 15 is 0 Å². The summed E-state index contributed by atoms with van der Waals surface area (Å²) < 4.78 is 18.7. The number of nitrogens with zero attached hydrogens (tertiary/aromatic N) is 2. The van der Waals surface area contributed by atoms with Crippen molar-refractivity contribution in [3.8, 4) is 11.6 Å². The second kappa shape index (κ2) is 7.17. The standard InChI is InChI=1S/C14H15ClFN3O/c1-2-7-17-9-10-3-6-14(19-18-10)20-11-4-5-12(15)13(16)8-11/h3-6,8,17H,2,7,9H2,1H3. The molecule has 0 saturated carbocycles. The fourth-order valence-corrected chi connectivity index (χ4v) is 1.67. The quantitative estimate of drug-likeness (QED) is 0.828. The summed E-state index contributed by atoms with van der Waals surface area (Å²) in [6.07, 6.45) is 1.07. The second-order valence-corrected chi connectivity index (χ2v) is 4.62. The lowest BCUT2D eigenvalue weighted by Gasteiger charge is -2.06. The van der Waals surface area contributed by atoms with E-state index in [2.05, 4.69) is 22.4 Å². The summed E-state index contributed by atoms with van der Waals surface area (Å²) in [7, 11) is 0. The molecule has 20 heavy (non-hydrogen) atoms. The number of hydrogen-bond donors (Lipinski definition) is 1. The molecule has 0 spiro atoms. The van der Waals surface area contributed by atoms with E-state index in [1.165, 1.54) is 12.1 Å². The van der Waals surface area contributed by atoms with E-state index in [0.29, 0.717) is 18.2 Å². The third kappa shape index (κ3) is 4.15. The Kier molecular flexibility index (Phi) is 5.26. The van der Waals surface area contributed by atoms with Gasteiger partial charge in [-0.15, -0.1) is 5.10 Å². The second-order valence-electron chi connectivity index (χ2n) is 4.22. The van der Waals surface area contributed by atoms with Crippen LogP contribution < -0.4 is 10.1 Å². The van der Waals surface area contributed by atoms with Gasteiger partial charge in [-0.25, -0.2) is 4.39 Å². The third-order valence-electron chi connectivity index (χ3n) is 2.54. The highest BCUT2D eigenvalue weighted by atomic mass is 35.5. The molecule has 1 aromatic carbocycles. The summed E-state index contributed by atoms with van der Waals surface area (Å²) in [4.78, 5) is 0. The van der Waals surface area contributed by atoms with Crippen LogP contribution in [0, 0.1) is 5.82 Å². The maximum Gasteiger partial charge on any atom is 0.238 e. The molecule has 1 aromatic heterocycles. The smallest absolute Gasteiger partial charge is 0.238 e. The van der Waals surface area contributed by atoms with Crippen LogP contribution in [-0.4, -0.2) is 16.7 Å². The molecular formula is C14H15ClFN3O. The van der Waals surface area contributed by atoms with E-state index < -0.39 is 5.82 Å². The van der Waals surface area contributed by atoms with Crippen molar-refractivity contribution in [3.05, 3.63) is 46.9 Å². The molecular weight excluding hydrogens is 281 g/mol. The molecule has 2 aromatic rings. The van der Waals surface area contributed by atoms with Crippen LogP contribution in [0.25, 0.3) is 0 Å². The summed E-state index contributed by atoms with van der Waals surface area (Å²) in [6.45, 7) is 3.70. The maximum absolute atomic E-state index is 13.3. The first-order valence-electron chi connectivity index (χ1n) is 6.35. The molecule has 0 amide bonds. The van der Waals surface area contributed by atoms with Gasteiger partial charge in [0.05, 0.1) is 10.7 Å². The number of ether oxygens (including phenoxy) is 1. The van der Waals surface area contributed by atoms with Crippen molar-refractivity contribution < 1.29 is 9.13 Å². The summed E-state index contributed by atoms with van der Waals surface area (Å²) in [6, 6.07) is 7.73. The highest BCUT2D eigenvalue weighted by Gasteiger charge is 2.04. The van der Waals surface area contributed by atoms with Gasteiger partial charge in [-0.3, -0.25) is 0 Å². The van der Waals surface area contributed by atoms with E-state index in [9.17, 15) is 4.39 Å². The molecule has 6 heteroatoms. The minimum absolute atomic E-state index is 0.0563. The monoisotopic (exact) mass is 295 g/mol. The number of hydrogen-bond acceptors (Lipinski definition) is 4. The first kappa shape index (κ1) is 14.7. The third-order valence-corrected chi connectivity index (χ3v) is 2.85. The van der Waals surface area contributed by atoms with Crippen LogP contribution in [0.3, 0.4) is 0 Å². The predicted molar refractivity (Wildman–Crippen MR) is 75.5 cm³/mol. The van der Waals surface area contributed by atoms with Crippen molar-refractivity contribution in [1.82, 2.24) is 15.5 Å². The Morgan fingerprint density at radius 2 is 2.10 bits per heavy atom. The zero-order chi connectivity index (χ0) is 14.4. The Balaban J connectivity index is 1.97. The lowest BCUT2D eigenvalue weighted by atomic mass is 10.3. The van der Waals surface area contributed by atoms with Crippen molar-refractivity contribution in [2.75, 3.05) is 6.54 Å². The van der Waals surface area contributed by atoms with Crippen molar-refractivity contribution in [3.63, 3.8) is 0 Å². The van der Waals surface area contributed by atoms with Gasteiger partial charge in [0, 0.05) is 18.7 Å². The minimum Gasteiger partial charge on any atom is -0.437 e. The summed E-state index contributed by atoms with van der Waals surface area (Å²) in [5.41, 5.74) is 0.827. The van der Waals surface area contributed by atoms with E-state index in [1.807, 2.05) is 6.07 Å². The Morgan fingerprint density at radius 1 is 1.25 bits per heavy atom. The van der Waals surface area contributed by atoms with Crippen LogP contribution >= 0.6 is 11.6 Å². The van der Waals surface area contributed by atoms with Gasteiger partial charge in [0.25, 0.3) is 0 Å². The molecule has 0 radical (unpaired) electrons. The molecule has 4 nitrogen and oxygen atoms in total. The van der Waals surface area contributed by atoms with E-state index in [0.717, 1.165) is 18.7 Å². The van der Waals surface area contributed by atoms with Crippen molar-refractivity contribution in [2.24, 2.45) is 0 Å². The van der Waals surface area contributed by atoms with Gasteiger partial charge in [-0.1, -0.05) is 18.5 Å². The number of aromatic nitrogens is 2. The zero-order valence-electron chi connectivity index (χ0n) is 11.1. The van der Waals surface area contributed by atoms with Gasteiger partial charge in [0.1, 0.15) is 11.6 Å². The lowest BCUT2D eigenvalue weighted by molar-refractivity contribution is 0.449. The maximum atomic E-state index is 13.3. The highest BCUT2D eigenvalue weighted by Crippen LogP contribution is 2.23. The van der Waals surface area contributed by atoms with Crippen LogP contribution in [0.1, 0.15) is 19.0 Å². The summed E-state index contributed by atoms with van der Waals surface area (Å²) >= 11 is 5.60. The van der Waals surface area contributed by atoms with E-state index in [1.54, 1.807) is 12.1 Å². The fourth-order valence-electron chi connectivity index (χ4n) is 1.55. The summed E-state index contributed by atoms with van der Waals surface area (Å²) in [5, 5.41) is 11.2. The molecule has 1 heterocycles. The van der Waals surface area contributed by atoms with E-state index in [-0.39, 0.29) is 5.02 Å². The van der Waals surface area contributed by atoms with Gasteiger partial charge in [-0.2, -0.15) is 5.10 Å². The first-order valence-corrected chi connectivity index (χ1v) is 6.73. The lowest BCUT2D eigenvalue weighted by Crippen LogP contribution is -2.15. The Morgan fingerprint density at radius 3 is 2.75 bits per heavy atom. The number of benzene rings is 1. The van der Waals surface area contributed by atoms with Crippen LogP contribution in [0.15, 0.2) is 30.3 Å². The largest absolute Gasteiger partial charge is 0.437 e. The molecule has 0 fully saturated rings.